The van der Waals surface area contributed by atoms with Crippen LogP contribution in [0.1, 0.15) is 73.1 Å². The lowest BCUT2D eigenvalue weighted by Gasteiger charge is -2.31. The smallest absolute Gasteiger partial charge is 0.243 e. The van der Waals surface area contributed by atoms with Crippen LogP contribution in [0.5, 0.6) is 0 Å². The van der Waals surface area contributed by atoms with Crippen LogP contribution in [0, 0.1) is 13.8 Å². The van der Waals surface area contributed by atoms with E-state index in [0.29, 0.717) is 17.1 Å². The molecule has 4 nitrogen and oxygen atoms in total. The van der Waals surface area contributed by atoms with Gasteiger partial charge in [-0.2, -0.15) is 0 Å². The van der Waals surface area contributed by atoms with Crippen LogP contribution in [-0.4, -0.2) is 23.0 Å². The summed E-state index contributed by atoms with van der Waals surface area (Å²) in [5.41, 5.74) is 5.75. The Balaban J connectivity index is 1.67. The van der Waals surface area contributed by atoms with Crippen molar-refractivity contribution < 1.29 is 4.79 Å². The first kappa shape index (κ1) is 21.0. The summed E-state index contributed by atoms with van der Waals surface area (Å²) in [7, 11) is 0. The van der Waals surface area contributed by atoms with Gasteiger partial charge in [-0.25, -0.2) is 4.98 Å². The number of nitrogens with zero attached hydrogens (tertiary/aromatic N) is 1. The number of fused-ring (bicyclic) bond motifs is 1. The first-order chi connectivity index (χ1) is 13.4. The fourth-order valence-electron chi connectivity index (χ4n) is 4.04. The number of hydrogen-bond donors (Lipinski definition) is 2. The zero-order valence-corrected chi connectivity index (χ0v) is 18.6. The van der Waals surface area contributed by atoms with E-state index in [1.54, 1.807) is 11.3 Å². The Hall–Kier alpha value is -1.72. The summed E-state index contributed by atoms with van der Waals surface area (Å²) in [5, 5.41) is 7.40. The van der Waals surface area contributed by atoms with E-state index in [1.807, 2.05) is 6.20 Å². The third-order valence-corrected chi connectivity index (χ3v) is 6.96. The summed E-state index contributed by atoms with van der Waals surface area (Å²) < 4.78 is 0. The van der Waals surface area contributed by atoms with Gasteiger partial charge in [0.1, 0.15) is 0 Å². The third kappa shape index (κ3) is 4.81. The quantitative estimate of drug-likeness (QED) is 0.678. The largest absolute Gasteiger partial charge is 0.303 e. The molecule has 2 atom stereocenters. The molecule has 1 heterocycles. The van der Waals surface area contributed by atoms with E-state index in [1.165, 1.54) is 27.1 Å². The van der Waals surface area contributed by atoms with Gasteiger partial charge in [0.05, 0.1) is 6.04 Å². The Morgan fingerprint density at radius 3 is 2.61 bits per heavy atom. The maximum absolute atomic E-state index is 12.9. The first-order valence-electron chi connectivity index (χ1n) is 10.5. The molecule has 0 fully saturated rings. The molecule has 1 unspecified atom stereocenters. The zero-order valence-electron chi connectivity index (χ0n) is 17.8. The van der Waals surface area contributed by atoms with Crippen molar-refractivity contribution in [2.45, 2.75) is 84.7 Å². The van der Waals surface area contributed by atoms with E-state index >= 15 is 0 Å². The van der Waals surface area contributed by atoms with E-state index in [-0.39, 0.29) is 11.9 Å². The molecule has 3 rings (SSSR count). The fourth-order valence-corrected chi connectivity index (χ4v) is 4.86. The molecule has 28 heavy (non-hydrogen) atoms. The summed E-state index contributed by atoms with van der Waals surface area (Å²) in [4.78, 5) is 18.5. The second-order valence-corrected chi connectivity index (χ2v) is 9.38. The second kappa shape index (κ2) is 9.19. The number of carbonyl (C=O) groups is 1. The summed E-state index contributed by atoms with van der Waals surface area (Å²) in [6, 6.07) is 4.63. The number of thiazole rings is 1. The van der Waals surface area contributed by atoms with Gasteiger partial charge in [-0.3, -0.25) is 4.79 Å². The molecule has 1 aliphatic rings. The highest BCUT2D eigenvalue weighted by molar-refractivity contribution is 7.15. The highest BCUT2D eigenvalue weighted by Crippen LogP contribution is 2.28. The lowest BCUT2D eigenvalue weighted by atomic mass is 9.83. The minimum absolute atomic E-state index is 0.0401. The first-order valence-corrected chi connectivity index (χ1v) is 11.3. The molecule has 1 aliphatic carbocycles. The van der Waals surface area contributed by atoms with Crippen molar-refractivity contribution in [1.29, 1.82) is 0 Å². The molecule has 1 aromatic carbocycles. The second-order valence-electron chi connectivity index (χ2n) is 8.32. The number of aryl methyl sites for hydroxylation is 2. The number of benzene rings is 1. The van der Waals surface area contributed by atoms with Crippen LogP contribution in [0.4, 0.5) is 5.13 Å². The number of aromatic nitrogens is 1. The van der Waals surface area contributed by atoms with Crippen molar-refractivity contribution in [1.82, 2.24) is 10.3 Å². The molecule has 152 valence electrons. The van der Waals surface area contributed by atoms with Crippen LogP contribution in [0.15, 0.2) is 18.3 Å². The van der Waals surface area contributed by atoms with Crippen LogP contribution in [0.3, 0.4) is 0 Å². The van der Waals surface area contributed by atoms with Crippen molar-refractivity contribution >= 4 is 22.4 Å². The molecular weight excluding hydrogens is 366 g/mol. The summed E-state index contributed by atoms with van der Waals surface area (Å²) in [5.74, 6) is 0.472. The molecule has 0 saturated carbocycles. The Kier molecular flexibility index (Phi) is 6.89. The fraction of sp³-hybridized carbons (Fsp3) is 0.565. The SMILES string of the molecule is CCC[C@H](NC1CCc2c(C)ccc(C)c2C1)C(=O)Nc1ncc(C(C)C)s1. The van der Waals surface area contributed by atoms with E-state index < -0.39 is 0 Å². The standard InChI is InChI=1S/C23H33N3OS/c1-6-7-20(22(27)26-23-24-13-21(28-23)14(2)3)25-17-10-11-18-15(4)8-9-16(5)19(18)12-17/h8-9,13-14,17,20,25H,6-7,10-12H2,1-5H3,(H,24,26,27)/t17?,20-/m0/s1. The number of carbonyl (C=O) groups excluding carboxylic acids is 1. The van der Waals surface area contributed by atoms with E-state index in [9.17, 15) is 4.79 Å². The topological polar surface area (TPSA) is 54.0 Å². The van der Waals surface area contributed by atoms with Gasteiger partial charge in [-0.05, 0) is 67.7 Å². The van der Waals surface area contributed by atoms with Gasteiger partial charge in [0, 0.05) is 17.1 Å². The number of nitrogens with one attached hydrogen (secondary N) is 2. The monoisotopic (exact) mass is 399 g/mol. The van der Waals surface area contributed by atoms with Gasteiger partial charge >= 0.3 is 0 Å². The Bertz CT molecular complexity index is 827. The highest BCUT2D eigenvalue weighted by Gasteiger charge is 2.26. The average molecular weight is 400 g/mol. The lowest BCUT2D eigenvalue weighted by molar-refractivity contribution is -0.118. The van der Waals surface area contributed by atoms with Crippen molar-refractivity contribution in [3.8, 4) is 0 Å². The van der Waals surface area contributed by atoms with Crippen LogP contribution < -0.4 is 10.6 Å². The number of amides is 1. The maximum Gasteiger partial charge on any atom is 0.243 e. The van der Waals surface area contributed by atoms with Gasteiger partial charge in [0.2, 0.25) is 5.91 Å². The van der Waals surface area contributed by atoms with Gasteiger partial charge in [0.25, 0.3) is 0 Å². The van der Waals surface area contributed by atoms with Crippen molar-refractivity contribution in [2.75, 3.05) is 5.32 Å². The van der Waals surface area contributed by atoms with Crippen molar-refractivity contribution in [3.05, 3.63) is 45.5 Å². The molecule has 0 radical (unpaired) electrons. The van der Waals surface area contributed by atoms with E-state index in [4.69, 9.17) is 0 Å². The van der Waals surface area contributed by atoms with Gasteiger partial charge < -0.3 is 10.6 Å². The minimum atomic E-state index is -0.173. The van der Waals surface area contributed by atoms with Crippen LogP contribution in [0.25, 0.3) is 0 Å². The summed E-state index contributed by atoms with van der Waals surface area (Å²) in [6.45, 7) is 10.8. The predicted molar refractivity (Wildman–Crippen MR) is 118 cm³/mol. The molecular formula is C23H33N3OS. The van der Waals surface area contributed by atoms with Crippen LogP contribution in [-0.2, 0) is 17.6 Å². The molecule has 2 N–H and O–H groups in total. The molecule has 5 heteroatoms. The summed E-state index contributed by atoms with van der Waals surface area (Å²) >= 11 is 1.57. The molecule has 0 spiro atoms. The summed E-state index contributed by atoms with van der Waals surface area (Å²) in [6.07, 6.45) is 6.86. The van der Waals surface area contributed by atoms with Gasteiger partial charge in [0.15, 0.2) is 5.13 Å². The average Bonchev–Trinajstić information content (AvgIpc) is 3.13. The number of rotatable bonds is 7. The third-order valence-electron chi connectivity index (χ3n) is 5.75. The molecule has 0 saturated heterocycles. The van der Waals surface area contributed by atoms with Gasteiger partial charge in [-0.1, -0.05) is 39.3 Å². The Labute approximate surface area is 173 Å². The van der Waals surface area contributed by atoms with Crippen molar-refractivity contribution in [2.24, 2.45) is 0 Å². The minimum Gasteiger partial charge on any atom is -0.303 e. The Morgan fingerprint density at radius 2 is 1.96 bits per heavy atom. The van der Waals surface area contributed by atoms with Crippen LogP contribution >= 0.6 is 11.3 Å². The number of hydrogen-bond acceptors (Lipinski definition) is 4. The van der Waals surface area contributed by atoms with E-state index in [0.717, 1.165) is 32.1 Å². The zero-order chi connectivity index (χ0) is 20.3. The maximum atomic E-state index is 12.9. The van der Waals surface area contributed by atoms with E-state index in [2.05, 4.69) is 62.4 Å². The molecule has 1 aromatic heterocycles. The molecule has 0 bridgehead atoms. The molecule has 2 aromatic rings. The van der Waals surface area contributed by atoms with Gasteiger partial charge in [-0.15, -0.1) is 11.3 Å². The van der Waals surface area contributed by atoms with Crippen molar-refractivity contribution in [3.63, 3.8) is 0 Å². The lowest BCUT2D eigenvalue weighted by Crippen LogP contribution is -2.47. The Morgan fingerprint density at radius 1 is 1.25 bits per heavy atom. The van der Waals surface area contributed by atoms with Crippen LogP contribution in [0.2, 0.25) is 0 Å². The number of anilines is 1. The predicted octanol–water partition coefficient (Wildman–Crippen LogP) is 5.14. The molecule has 0 aliphatic heterocycles. The normalized spacial score (nSPS) is 17.4. The highest BCUT2D eigenvalue weighted by atomic mass is 32.1. The molecule has 1 amide bonds.